The highest BCUT2D eigenvalue weighted by molar-refractivity contribution is 6.12. The Morgan fingerprint density at radius 1 is 0.566 bits per heavy atom. The van der Waals surface area contributed by atoms with Crippen molar-refractivity contribution >= 4 is 43.6 Å². The third-order valence-corrected chi connectivity index (χ3v) is 9.00. The number of allylic oxidation sites excluding steroid dienone is 1. The second kappa shape index (κ2) is 13.3. The number of halogens is 3. The lowest BCUT2D eigenvalue weighted by atomic mass is 9.96. The van der Waals surface area contributed by atoms with Gasteiger partial charge in [0.2, 0.25) is 0 Å². The first kappa shape index (κ1) is 33.9. The topological polar surface area (TPSA) is 105 Å². The van der Waals surface area contributed by atoms with Crippen molar-refractivity contribution in [2.45, 2.75) is 13.1 Å². The maximum Gasteiger partial charge on any atom is 0.420 e. The number of alkyl halides is 3. The van der Waals surface area contributed by atoms with Crippen LogP contribution in [0.3, 0.4) is 0 Å². The summed E-state index contributed by atoms with van der Waals surface area (Å²) in [6, 6.07) is 42.3. The minimum atomic E-state index is -4.89. The number of rotatable bonds is 3. The van der Waals surface area contributed by atoms with Gasteiger partial charge in [-0.05, 0) is 67.1 Å². The molecule has 0 unspecified atom stereocenters. The Bertz CT molecular complexity index is 2970. The van der Waals surface area contributed by atoms with Crippen molar-refractivity contribution < 1.29 is 13.2 Å². The molecule has 6 aromatic carbocycles. The van der Waals surface area contributed by atoms with Gasteiger partial charge in [-0.25, -0.2) is 0 Å². The van der Waals surface area contributed by atoms with E-state index in [1.165, 1.54) is 6.07 Å². The molecular weight excluding hydrogens is 670 g/mol. The van der Waals surface area contributed by atoms with Crippen molar-refractivity contribution in [3.63, 3.8) is 0 Å². The molecule has 0 spiro atoms. The number of nitrogens with zero attached hydrogens (tertiary/aromatic N) is 6. The fourth-order valence-corrected chi connectivity index (χ4v) is 6.85. The van der Waals surface area contributed by atoms with Gasteiger partial charge in [-0.15, -0.1) is 0 Å². The molecule has 2 heterocycles. The van der Waals surface area contributed by atoms with E-state index in [9.17, 15) is 15.8 Å². The van der Waals surface area contributed by atoms with E-state index in [1.54, 1.807) is 107 Å². The van der Waals surface area contributed by atoms with Crippen LogP contribution in [-0.2, 0) is 6.18 Å². The van der Waals surface area contributed by atoms with E-state index in [0.717, 1.165) is 10.8 Å². The first-order chi connectivity index (χ1) is 25.6. The van der Waals surface area contributed by atoms with E-state index in [1.807, 2.05) is 30.3 Å². The number of benzene rings is 6. The molecule has 0 aliphatic rings. The first-order valence-corrected chi connectivity index (χ1v) is 16.3. The first-order valence-electron chi connectivity index (χ1n) is 16.3. The Hall–Kier alpha value is -7.59. The highest BCUT2D eigenvalue weighted by atomic mass is 19.4. The summed E-state index contributed by atoms with van der Waals surface area (Å²) in [6.07, 6.45) is -4.89. The van der Waals surface area contributed by atoms with Crippen LogP contribution >= 0.6 is 0 Å². The molecule has 252 valence electrons. The normalized spacial score (nSPS) is 11.0. The molecule has 2 aromatic heterocycles. The smallest absolute Gasteiger partial charge is 0.309 e. The summed E-state index contributed by atoms with van der Waals surface area (Å²) in [5, 5.41) is 39.9. The summed E-state index contributed by atoms with van der Waals surface area (Å²) < 4.78 is 51.3. The Balaban J connectivity index is 0.000000817. The average Bonchev–Trinajstić information content (AvgIpc) is 3.68. The quantitative estimate of drug-likeness (QED) is 0.172. The standard InChI is InChI=1S/C40H20F3N5.C4H5N/c41-40(42,43)38-35(47-33-10-3-1-8-29(33)31-14-12-25(22-45)19-36(31)47)17-16-28(27-7-5-6-24(18-27)21-44)39(38)48-34-11-4-2-9-30(34)32-15-13-26(23-46)20-37(32)48;1-4(2)3-5/h1-20H;1H2,2H3. The molecule has 0 aliphatic carbocycles. The van der Waals surface area contributed by atoms with Crippen LogP contribution in [0.25, 0.3) is 66.1 Å². The SMILES string of the molecule is C=C(C)C#N.N#Cc1cccc(-c2ccc(-n3c4ccccc4c4ccc(C#N)cc43)c(C(F)(F)F)c2-n2c3ccccc3c3ccc(C#N)cc32)c1. The molecule has 8 rings (SSSR count). The molecule has 53 heavy (non-hydrogen) atoms. The highest BCUT2D eigenvalue weighted by Gasteiger charge is 2.40. The third-order valence-electron chi connectivity index (χ3n) is 9.00. The van der Waals surface area contributed by atoms with Gasteiger partial charge >= 0.3 is 6.18 Å². The molecular formula is C44H25F3N6. The number of nitriles is 4. The van der Waals surface area contributed by atoms with Crippen LogP contribution in [0.4, 0.5) is 13.2 Å². The maximum atomic E-state index is 16.0. The Morgan fingerprint density at radius 2 is 1.06 bits per heavy atom. The van der Waals surface area contributed by atoms with Crippen LogP contribution in [0.15, 0.2) is 133 Å². The third kappa shape index (κ3) is 5.79. The Labute approximate surface area is 301 Å². The van der Waals surface area contributed by atoms with Crippen LogP contribution in [-0.4, -0.2) is 9.13 Å². The van der Waals surface area contributed by atoms with E-state index in [4.69, 9.17) is 5.26 Å². The van der Waals surface area contributed by atoms with Gasteiger partial charge in [0.1, 0.15) is 5.56 Å². The molecule has 0 atom stereocenters. The summed E-state index contributed by atoms with van der Waals surface area (Å²) in [4.78, 5) is 0. The number of aromatic nitrogens is 2. The van der Waals surface area contributed by atoms with E-state index in [0.29, 0.717) is 60.7 Å². The molecule has 0 N–H and O–H groups in total. The van der Waals surface area contributed by atoms with E-state index < -0.39 is 11.7 Å². The Morgan fingerprint density at radius 3 is 1.58 bits per heavy atom. The molecule has 0 saturated heterocycles. The highest BCUT2D eigenvalue weighted by Crippen LogP contribution is 2.47. The predicted octanol–water partition coefficient (Wildman–Crippen LogP) is 11.3. The minimum Gasteiger partial charge on any atom is -0.309 e. The average molecular weight is 695 g/mol. The number of fused-ring (bicyclic) bond motifs is 6. The van der Waals surface area contributed by atoms with Gasteiger partial charge in [-0.3, -0.25) is 0 Å². The van der Waals surface area contributed by atoms with Crippen molar-refractivity contribution in [3.8, 4) is 46.8 Å². The van der Waals surface area contributed by atoms with Crippen LogP contribution in [0.1, 0.15) is 29.2 Å². The molecule has 9 heteroatoms. The zero-order valence-electron chi connectivity index (χ0n) is 28.1. The summed E-state index contributed by atoms with van der Waals surface area (Å²) >= 11 is 0. The van der Waals surface area contributed by atoms with Gasteiger partial charge in [0, 0.05) is 32.7 Å². The second-order valence-corrected chi connectivity index (χ2v) is 12.3. The van der Waals surface area contributed by atoms with Gasteiger partial charge in [0.25, 0.3) is 0 Å². The van der Waals surface area contributed by atoms with Crippen LogP contribution in [0, 0.1) is 45.3 Å². The lowest BCUT2D eigenvalue weighted by Crippen LogP contribution is -2.17. The minimum absolute atomic E-state index is 0.124. The van der Waals surface area contributed by atoms with Gasteiger partial charge in [0.05, 0.1) is 74.4 Å². The van der Waals surface area contributed by atoms with Gasteiger partial charge in [-0.2, -0.15) is 34.2 Å². The molecule has 0 radical (unpaired) electrons. The molecule has 0 fully saturated rings. The van der Waals surface area contributed by atoms with Gasteiger partial charge in [0.15, 0.2) is 0 Å². The fourth-order valence-electron chi connectivity index (χ4n) is 6.85. The fraction of sp³-hybridized carbons (Fsp3) is 0.0455. The molecule has 0 bridgehead atoms. The largest absolute Gasteiger partial charge is 0.420 e. The lowest BCUT2D eigenvalue weighted by Gasteiger charge is -2.24. The second-order valence-electron chi connectivity index (χ2n) is 12.3. The zero-order chi connectivity index (χ0) is 37.4. The number of hydrogen-bond acceptors (Lipinski definition) is 4. The molecule has 0 saturated carbocycles. The lowest BCUT2D eigenvalue weighted by molar-refractivity contribution is -0.137. The van der Waals surface area contributed by atoms with Crippen molar-refractivity contribution in [2.24, 2.45) is 0 Å². The summed E-state index contributed by atoms with van der Waals surface area (Å²) in [5.74, 6) is 0. The van der Waals surface area contributed by atoms with Crippen LogP contribution in [0.5, 0.6) is 0 Å². The monoisotopic (exact) mass is 694 g/mol. The van der Waals surface area contributed by atoms with Crippen molar-refractivity contribution in [2.75, 3.05) is 0 Å². The summed E-state index contributed by atoms with van der Waals surface area (Å²) in [5.41, 5.74) is 2.96. The maximum absolute atomic E-state index is 16.0. The van der Waals surface area contributed by atoms with E-state index in [-0.39, 0.29) is 16.9 Å². The number of para-hydroxylation sites is 2. The van der Waals surface area contributed by atoms with Crippen molar-refractivity contribution in [1.82, 2.24) is 9.13 Å². The molecule has 0 aliphatic heterocycles. The number of hydrogen-bond donors (Lipinski definition) is 0. The zero-order valence-corrected chi connectivity index (χ0v) is 28.1. The summed E-state index contributed by atoms with van der Waals surface area (Å²) in [7, 11) is 0. The van der Waals surface area contributed by atoms with Crippen molar-refractivity contribution in [3.05, 3.63) is 156 Å². The Kier molecular flexibility index (Phi) is 8.49. The van der Waals surface area contributed by atoms with Crippen LogP contribution in [0.2, 0.25) is 0 Å². The van der Waals surface area contributed by atoms with Crippen LogP contribution < -0.4 is 0 Å². The van der Waals surface area contributed by atoms with E-state index >= 15 is 13.2 Å². The van der Waals surface area contributed by atoms with Crippen molar-refractivity contribution in [1.29, 1.82) is 21.0 Å². The molecule has 0 amide bonds. The molecule has 8 aromatic rings. The molecule has 6 nitrogen and oxygen atoms in total. The van der Waals surface area contributed by atoms with Gasteiger partial charge < -0.3 is 9.13 Å². The predicted molar refractivity (Wildman–Crippen MR) is 200 cm³/mol. The summed E-state index contributed by atoms with van der Waals surface area (Å²) in [6.45, 7) is 4.98. The van der Waals surface area contributed by atoms with E-state index in [2.05, 4.69) is 24.8 Å². The van der Waals surface area contributed by atoms with Gasteiger partial charge in [-0.1, -0.05) is 73.3 Å².